The molecule has 0 aliphatic carbocycles. The summed E-state index contributed by atoms with van der Waals surface area (Å²) in [4.78, 5) is 26.5. The molecular formula is C17H17N3O3. The molecule has 0 saturated heterocycles. The topological polar surface area (TPSA) is 76.1 Å². The van der Waals surface area contributed by atoms with E-state index in [4.69, 9.17) is 4.74 Å². The van der Waals surface area contributed by atoms with E-state index in [0.29, 0.717) is 17.7 Å². The number of rotatable bonds is 5. The zero-order chi connectivity index (χ0) is 16.2. The average Bonchev–Trinajstić information content (AvgIpc) is 2.94. The van der Waals surface area contributed by atoms with E-state index in [1.807, 2.05) is 19.1 Å². The number of benzene rings is 1. The fraction of sp³-hybridized carbons (Fsp3) is 0.176. The molecule has 0 unspecified atom stereocenters. The van der Waals surface area contributed by atoms with E-state index in [1.165, 1.54) is 0 Å². The van der Waals surface area contributed by atoms with Crippen molar-refractivity contribution in [1.82, 2.24) is 9.55 Å². The molecule has 3 rings (SSSR count). The first kappa shape index (κ1) is 14.9. The molecule has 0 saturated carbocycles. The fourth-order valence-electron chi connectivity index (χ4n) is 2.43. The minimum absolute atomic E-state index is 0.139. The Morgan fingerprint density at radius 3 is 2.74 bits per heavy atom. The van der Waals surface area contributed by atoms with Crippen LogP contribution in [-0.2, 0) is 11.3 Å². The van der Waals surface area contributed by atoms with Gasteiger partial charge in [-0.3, -0.25) is 9.59 Å². The minimum Gasteiger partial charge on any atom is -0.494 e. The van der Waals surface area contributed by atoms with E-state index >= 15 is 0 Å². The maximum atomic E-state index is 12.2. The summed E-state index contributed by atoms with van der Waals surface area (Å²) in [5.41, 5.74) is 1.27. The summed E-state index contributed by atoms with van der Waals surface area (Å²) in [5, 5.41) is 3.40. The largest absolute Gasteiger partial charge is 0.494 e. The zero-order valence-corrected chi connectivity index (χ0v) is 12.7. The smallest absolute Gasteiger partial charge is 0.257 e. The van der Waals surface area contributed by atoms with Crippen molar-refractivity contribution in [2.75, 3.05) is 11.9 Å². The van der Waals surface area contributed by atoms with Gasteiger partial charge in [0.25, 0.3) is 5.56 Å². The van der Waals surface area contributed by atoms with Crippen LogP contribution in [0.2, 0.25) is 0 Å². The molecule has 1 aromatic carbocycles. The number of anilines is 1. The highest BCUT2D eigenvalue weighted by molar-refractivity contribution is 5.92. The Balaban J connectivity index is 1.71. The number of carbonyl (C=O) groups is 1. The minimum atomic E-state index is -0.160. The number of nitrogens with one attached hydrogen (secondary N) is 2. The zero-order valence-electron chi connectivity index (χ0n) is 12.7. The van der Waals surface area contributed by atoms with Crippen LogP contribution >= 0.6 is 0 Å². The molecule has 1 amide bonds. The lowest BCUT2D eigenvalue weighted by Gasteiger charge is -2.08. The van der Waals surface area contributed by atoms with Gasteiger partial charge in [-0.15, -0.1) is 0 Å². The first-order valence-corrected chi connectivity index (χ1v) is 7.36. The number of amides is 1. The Morgan fingerprint density at radius 1 is 1.22 bits per heavy atom. The molecule has 23 heavy (non-hydrogen) atoms. The summed E-state index contributed by atoms with van der Waals surface area (Å²) in [6.07, 6.45) is 3.31. The maximum absolute atomic E-state index is 12.2. The lowest BCUT2D eigenvalue weighted by molar-refractivity contribution is -0.116. The second kappa shape index (κ2) is 6.39. The molecule has 0 bridgehead atoms. The first-order chi connectivity index (χ1) is 11.2. The molecule has 0 aliphatic rings. The van der Waals surface area contributed by atoms with E-state index in [9.17, 15) is 9.59 Å². The Morgan fingerprint density at radius 2 is 2.00 bits per heavy atom. The van der Waals surface area contributed by atoms with Gasteiger partial charge in [-0.1, -0.05) is 0 Å². The van der Waals surface area contributed by atoms with E-state index in [1.54, 1.807) is 41.2 Å². The SMILES string of the molecule is CCOc1ccc(NC(=O)Cn2ccc3c(=O)[nH]ccc32)cc1. The van der Waals surface area contributed by atoms with Gasteiger partial charge in [0.15, 0.2) is 0 Å². The predicted octanol–water partition coefficient (Wildman–Crippen LogP) is 2.37. The van der Waals surface area contributed by atoms with Crippen molar-refractivity contribution in [3.05, 3.63) is 59.1 Å². The van der Waals surface area contributed by atoms with Crippen molar-refractivity contribution in [1.29, 1.82) is 0 Å². The van der Waals surface area contributed by atoms with Crippen LogP contribution in [0.3, 0.4) is 0 Å². The summed E-state index contributed by atoms with van der Waals surface area (Å²) in [6.45, 7) is 2.66. The Hall–Kier alpha value is -3.02. The van der Waals surface area contributed by atoms with Crippen molar-refractivity contribution in [3.8, 4) is 5.75 Å². The van der Waals surface area contributed by atoms with Crippen molar-refractivity contribution >= 4 is 22.5 Å². The number of fused-ring (bicyclic) bond motifs is 1. The highest BCUT2D eigenvalue weighted by atomic mass is 16.5. The number of carbonyl (C=O) groups excluding carboxylic acids is 1. The van der Waals surface area contributed by atoms with Gasteiger partial charge in [-0.2, -0.15) is 0 Å². The van der Waals surface area contributed by atoms with Crippen LogP contribution in [0.5, 0.6) is 5.75 Å². The molecule has 0 fully saturated rings. The van der Waals surface area contributed by atoms with Gasteiger partial charge in [-0.25, -0.2) is 0 Å². The van der Waals surface area contributed by atoms with Gasteiger partial charge < -0.3 is 19.6 Å². The van der Waals surface area contributed by atoms with E-state index in [0.717, 1.165) is 11.3 Å². The average molecular weight is 311 g/mol. The Bertz CT molecular complexity index is 878. The first-order valence-electron chi connectivity index (χ1n) is 7.36. The van der Waals surface area contributed by atoms with Gasteiger partial charge in [0, 0.05) is 18.1 Å². The van der Waals surface area contributed by atoms with Crippen molar-refractivity contribution < 1.29 is 9.53 Å². The van der Waals surface area contributed by atoms with Gasteiger partial charge in [0.05, 0.1) is 17.5 Å². The summed E-state index contributed by atoms with van der Waals surface area (Å²) in [7, 11) is 0. The third kappa shape index (κ3) is 3.26. The van der Waals surface area contributed by atoms with Crippen LogP contribution in [0, 0.1) is 0 Å². The standard InChI is InChI=1S/C17H17N3O3/c1-2-23-13-5-3-12(4-6-13)19-16(21)11-20-10-8-14-15(20)7-9-18-17(14)22/h3-10H,2,11H2,1H3,(H,18,22)(H,19,21). The number of aromatic nitrogens is 2. The summed E-state index contributed by atoms with van der Waals surface area (Å²) >= 11 is 0. The summed E-state index contributed by atoms with van der Waals surface area (Å²) in [5.74, 6) is 0.605. The predicted molar refractivity (Wildman–Crippen MR) is 88.8 cm³/mol. The normalized spacial score (nSPS) is 10.7. The number of hydrogen-bond donors (Lipinski definition) is 2. The lowest BCUT2D eigenvalue weighted by atomic mass is 10.3. The summed E-state index contributed by atoms with van der Waals surface area (Å²) < 4.78 is 7.11. The molecule has 118 valence electrons. The molecule has 0 radical (unpaired) electrons. The van der Waals surface area contributed by atoms with Crippen LogP contribution in [0.1, 0.15) is 6.92 Å². The van der Waals surface area contributed by atoms with Crippen molar-refractivity contribution in [2.24, 2.45) is 0 Å². The molecule has 0 aliphatic heterocycles. The van der Waals surface area contributed by atoms with Gasteiger partial charge in [0.2, 0.25) is 5.91 Å². The fourth-order valence-corrected chi connectivity index (χ4v) is 2.43. The number of aromatic amines is 1. The molecule has 0 spiro atoms. The van der Waals surface area contributed by atoms with E-state index in [2.05, 4.69) is 10.3 Å². The van der Waals surface area contributed by atoms with E-state index < -0.39 is 0 Å². The third-order valence-corrected chi connectivity index (χ3v) is 3.47. The highest BCUT2D eigenvalue weighted by Gasteiger charge is 2.08. The number of ether oxygens (including phenoxy) is 1. The van der Waals surface area contributed by atoms with Gasteiger partial charge in [-0.05, 0) is 43.3 Å². The van der Waals surface area contributed by atoms with Crippen LogP contribution in [-0.4, -0.2) is 22.1 Å². The molecular weight excluding hydrogens is 294 g/mol. The van der Waals surface area contributed by atoms with Gasteiger partial charge >= 0.3 is 0 Å². The quantitative estimate of drug-likeness (QED) is 0.759. The van der Waals surface area contributed by atoms with Crippen molar-refractivity contribution in [2.45, 2.75) is 13.5 Å². The van der Waals surface area contributed by atoms with Crippen LogP contribution in [0.15, 0.2) is 53.6 Å². The molecule has 6 nitrogen and oxygen atoms in total. The number of H-pyrrole nitrogens is 1. The third-order valence-electron chi connectivity index (χ3n) is 3.47. The maximum Gasteiger partial charge on any atom is 0.257 e. The lowest BCUT2D eigenvalue weighted by Crippen LogP contribution is -2.18. The van der Waals surface area contributed by atoms with E-state index in [-0.39, 0.29) is 18.0 Å². The monoisotopic (exact) mass is 311 g/mol. The number of nitrogens with zero attached hydrogens (tertiary/aromatic N) is 1. The number of hydrogen-bond acceptors (Lipinski definition) is 3. The summed E-state index contributed by atoms with van der Waals surface area (Å²) in [6, 6.07) is 10.7. The molecule has 0 atom stereocenters. The second-order valence-corrected chi connectivity index (χ2v) is 5.05. The highest BCUT2D eigenvalue weighted by Crippen LogP contribution is 2.16. The number of pyridine rings is 1. The molecule has 6 heteroatoms. The Kier molecular flexibility index (Phi) is 4.14. The molecule has 2 aromatic heterocycles. The van der Waals surface area contributed by atoms with Crippen molar-refractivity contribution in [3.63, 3.8) is 0 Å². The second-order valence-electron chi connectivity index (χ2n) is 5.05. The van der Waals surface area contributed by atoms with Crippen LogP contribution in [0.4, 0.5) is 5.69 Å². The molecule has 2 N–H and O–H groups in total. The Labute approximate surface area is 132 Å². The molecule has 3 aromatic rings. The molecule has 2 heterocycles. The van der Waals surface area contributed by atoms with Crippen LogP contribution in [0.25, 0.3) is 10.9 Å². The van der Waals surface area contributed by atoms with Gasteiger partial charge in [0.1, 0.15) is 12.3 Å². The van der Waals surface area contributed by atoms with Crippen LogP contribution < -0.4 is 15.6 Å².